The Morgan fingerprint density at radius 1 is 1.03 bits per heavy atom. The number of rotatable bonds is 6. The summed E-state index contributed by atoms with van der Waals surface area (Å²) in [6.45, 7) is 1.78. The van der Waals surface area contributed by atoms with Gasteiger partial charge in [0.15, 0.2) is 5.75 Å². The highest BCUT2D eigenvalue weighted by atomic mass is 32.2. The molecular formula is C24H24N6O5S. The zero-order valence-electron chi connectivity index (χ0n) is 19.4. The smallest absolute Gasteiger partial charge is 0.296 e. The van der Waals surface area contributed by atoms with Crippen molar-refractivity contribution < 1.29 is 22.8 Å². The number of benzene rings is 3. The molecule has 0 fully saturated rings. The minimum Gasteiger partial charge on any atom is -0.505 e. The average Bonchev–Trinajstić information content (AvgIpc) is 2.84. The molecule has 0 aliphatic heterocycles. The number of nitrogens with zero attached hydrogens (tertiary/aromatic N) is 4. The third kappa shape index (κ3) is 4.96. The predicted octanol–water partition coefficient (Wildman–Crippen LogP) is 5.05. The molecule has 6 N–H and O–H groups in total. The number of nitrogen functional groups attached to an aromatic ring is 2. The van der Waals surface area contributed by atoms with E-state index in [0.29, 0.717) is 28.0 Å². The number of hydrogen-bond donors (Lipinski definition) is 4. The lowest BCUT2D eigenvalue weighted by Crippen LogP contribution is -2.31. The van der Waals surface area contributed by atoms with Crippen LogP contribution in [0.2, 0.25) is 0 Å². The van der Waals surface area contributed by atoms with E-state index in [0.717, 1.165) is 0 Å². The number of azo groups is 2. The number of fused-ring (bicyclic) bond motifs is 1. The van der Waals surface area contributed by atoms with Crippen LogP contribution in [0, 0.1) is 0 Å². The zero-order valence-corrected chi connectivity index (χ0v) is 20.2. The van der Waals surface area contributed by atoms with Crippen LogP contribution in [-0.2, 0) is 14.9 Å². The predicted molar refractivity (Wildman–Crippen MR) is 136 cm³/mol. The second-order valence-corrected chi connectivity index (χ2v) is 9.52. The molecule has 0 unspecified atom stereocenters. The molecule has 0 aromatic heterocycles. The second-order valence-electron chi connectivity index (χ2n) is 8.13. The van der Waals surface area contributed by atoms with Crippen LogP contribution in [0.4, 0.5) is 22.7 Å². The monoisotopic (exact) mass is 508 g/mol. The summed E-state index contributed by atoms with van der Waals surface area (Å²) < 4.78 is 39.3. The Kier molecular flexibility index (Phi) is 6.59. The third-order valence-electron chi connectivity index (χ3n) is 5.67. The van der Waals surface area contributed by atoms with Crippen molar-refractivity contribution in [2.24, 2.45) is 20.5 Å². The molecule has 0 spiro atoms. The Balaban J connectivity index is 1.67. The highest BCUT2D eigenvalue weighted by Crippen LogP contribution is 2.42. The number of hydrogen-bond acceptors (Lipinski definition) is 10. The summed E-state index contributed by atoms with van der Waals surface area (Å²) in [4.78, 5) is -0.579. The van der Waals surface area contributed by atoms with Gasteiger partial charge in [-0.05, 0) is 66.4 Å². The van der Waals surface area contributed by atoms with Crippen LogP contribution in [-0.4, -0.2) is 37.0 Å². The van der Waals surface area contributed by atoms with Crippen molar-refractivity contribution in [2.75, 3.05) is 18.6 Å². The van der Waals surface area contributed by atoms with Gasteiger partial charge in [-0.25, -0.2) is 0 Å². The molecule has 1 aliphatic rings. The third-order valence-corrected chi connectivity index (χ3v) is 6.54. The van der Waals surface area contributed by atoms with Crippen molar-refractivity contribution in [1.29, 1.82) is 0 Å². The number of nitrogens with two attached hydrogens (primary N) is 2. The lowest BCUT2D eigenvalue weighted by Gasteiger charge is -2.28. The summed E-state index contributed by atoms with van der Waals surface area (Å²) in [7, 11) is -3.23. The van der Waals surface area contributed by atoms with Gasteiger partial charge in [-0.15, -0.1) is 10.2 Å². The topological polar surface area (TPSA) is 185 Å². The van der Waals surface area contributed by atoms with Gasteiger partial charge in [0.1, 0.15) is 16.6 Å². The Labute approximate surface area is 207 Å². The molecule has 2 atom stereocenters. The van der Waals surface area contributed by atoms with Crippen molar-refractivity contribution in [3.63, 3.8) is 0 Å². The molecule has 0 heterocycles. The number of anilines is 2. The highest BCUT2D eigenvalue weighted by Gasteiger charge is 2.32. The van der Waals surface area contributed by atoms with Crippen molar-refractivity contribution in [2.45, 2.75) is 23.6 Å². The number of aromatic hydroxyl groups is 1. The second kappa shape index (κ2) is 9.49. The fourth-order valence-electron chi connectivity index (χ4n) is 3.69. The van der Waals surface area contributed by atoms with E-state index in [2.05, 4.69) is 20.5 Å². The summed E-state index contributed by atoms with van der Waals surface area (Å²) in [5, 5.41) is 28.1. The van der Waals surface area contributed by atoms with Crippen LogP contribution in [0.15, 0.2) is 97.7 Å². The molecule has 3 aromatic carbocycles. The maximum absolute atomic E-state index is 12.0. The van der Waals surface area contributed by atoms with Crippen LogP contribution < -0.4 is 11.5 Å². The molecule has 0 saturated carbocycles. The van der Waals surface area contributed by atoms with E-state index in [4.69, 9.17) is 16.2 Å². The van der Waals surface area contributed by atoms with E-state index in [1.165, 1.54) is 25.3 Å². The molecule has 4 rings (SSSR count). The number of phenolic OH excluding ortho intramolecular Hbond substituents is 1. The summed E-state index contributed by atoms with van der Waals surface area (Å²) in [6, 6.07) is 12.0. The van der Waals surface area contributed by atoms with Gasteiger partial charge in [-0.3, -0.25) is 4.55 Å². The molecule has 0 bridgehead atoms. The molecular weight excluding hydrogens is 484 g/mol. The van der Waals surface area contributed by atoms with E-state index in [1.807, 2.05) is 0 Å². The summed E-state index contributed by atoms with van der Waals surface area (Å²) >= 11 is 0. The van der Waals surface area contributed by atoms with Gasteiger partial charge in [0, 0.05) is 23.9 Å². The molecule has 1 aliphatic carbocycles. The first kappa shape index (κ1) is 25.0. The van der Waals surface area contributed by atoms with Gasteiger partial charge < -0.3 is 21.3 Å². The lowest BCUT2D eigenvalue weighted by molar-refractivity contribution is 0.0640. The fraction of sp³-hybridized carbons (Fsp3) is 0.167. The van der Waals surface area contributed by atoms with E-state index in [-0.39, 0.29) is 5.39 Å². The maximum Gasteiger partial charge on any atom is 0.296 e. The van der Waals surface area contributed by atoms with E-state index in [1.54, 1.807) is 55.5 Å². The minimum atomic E-state index is -4.71. The summed E-state index contributed by atoms with van der Waals surface area (Å²) in [5.74, 6) is -0.472. The van der Waals surface area contributed by atoms with Crippen LogP contribution in [0.1, 0.15) is 6.92 Å². The number of ether oxygens (including phenoxy) is 1. The van der Waals surface area contributed by atoms with Crippen LogP contribution in [0.5, 0.6) is 5.75 Å². The minimum absolute atomic E-state index is 0.267. The molecule has 11 nitrogen and oxygen atoms in total. The van der Waals surface area contributed by atoms with Gasteiger partial charge in [0.05, 0.1) is 5.69 Å². The van der Waals surface area contributed by atoms with Crippen molar-refractivity contribution >= 4 is 43.6 Å². The largest absolute Gasteiger partial charge is 0.505 e. The molecule has 186 valence electrons. The maximum atomic E-state index is 12.0. The Morgan fingerprint density at radius 2 is 1.72 bits per heavy atom. The average molecular weight is 509 g/mol. The fourth-order valence-corrected chi connectivity index (χ4v) is 4.35. The molecule has 0 saturated heterocycles. The van der Waals surface area contributed by atoms with Crippen molar-refractivity contribution in [3.05, 3.63) is 72.3 Å². The zero-order chi connectivity index (χ0) is 26.1. The Bertz CT molecular complexity index is 1550. The number of phenols is 1. The van der Waals surface area contributed by atoms with Crippen molar-refractivity contribution in [1.82, 2.24) is 0 Å². The number of methoxy groups -OCH3 is 1. The molecule has 0 radical (unpaired) electrons. The normalized spacial score (nSPS) is 20.4. The summed E-state index contributed by atoms with van der Waals surface area (Å²) in [6.07, 6.45) is 5.00. The van der Waals surface area contributed by atoms with Gasteiger partial charge in [-0.1, -0.05) is 18.2 Å². The highest BCUT2D eigenvalue weighted by molar-refractivity contribution is 7.86. The SMILES string of the molecule is CO[C@@]1(N=Nc2ccc(N)cc2)C=C[C@@H](N=Nc2c(S(=O)(=O)O)cc3ccc(N)cc3c2O)C=C1C. The molecule has 0 amide bonds. The molecule has 12 heteroatoms. The van der Waals surface area contributed by atoms with Crippen molar-refractivity contribution in [3.8, 4) is 5.75 Å². The first-order valence-electron chi connectivity index (χ1n) is 10.7. The van der Waals surface area contributed by atoms with Gasteiger partial charge in [-0.2, -0.15) is 18.6 Å². The van der Waals surface area contributed by atoms with Gasteiger partial charge in [0.25, 0.3) is 10.1 Å². The van der Waals surface area contributed by atoms with E-state index < -0.39 is 38.2 Å². The first-order valence-corrected chi connectivity index (χ1v) is 12.1. The summed E-state index contributed by atoms with van der Waals surface area (Å²) in [5.41, 5.74) is 12.1. The standard InChI is InChI=1S/C24H24N6O5S/c1-14-11-19(9-10-24(14,35-2)30-28-18-7-5-16(25)6-8-18)27-29-22-21(36(32,33)34)12-15-3-4-17(26)13-20(15)23(22)31/h3-13,19,31H,25-26H2,1-2H3,(H,32,33,34)/t19-,24+/m1/s1. The Hall–Kier alpha value is -4.13. The first-order chi connectivity index (χ1) is 17.0. The van der Waals surface area contributed by atoms with Gasteiger partial charge in [0.2, 0.25) is 5.72 Å². The lowest BCUT2D eigenvalue weighted by atomic mass is 9.96. The van der Waals surface area contributed by atoms with Crippen LogP contribution in [0.25, 0.3) is 10.8 Å². The molecule has 36 heavy (non-hydrogen) atoms. The van der Waals surface area contributed by atoms with Gasteiger partial charge >= 0.3 is 0 Å². The van der Waals surface area contributed by atoms with E-state index >= 15 is 0 Å². The van der Waals surface area contributed by atoms with E-state index in [9.17, 15) is 18.1 Å². The van der Waals surface area contributed by atoms with Crippen LogP contribution >= 0.6 is 0 Å². The molecule has 3 aromatic rings. The quantitative estimate of drug-likeness (QED) is 0.155. The van der Waals surface area contributed by atoms with Crippen LogP contribution in [0.3, 0.4) is 0 Å². The Morgan fingerprint density at radius 3 is 2.36 bits per heavy atom.